The highest BCUT2D eigenvalue weighted by Gasteiger charge is 2.38. The number of ether oxygens (including phenoxy) is 3. The fourth-order valence-electron chi connectivity index (χ4n) is 4.64. The zero-order valence-corrected chi connectivity index (χ0v) is 22.5. The zero-order chi connectivity index (χ0) is 27.3. The largest absolute Gasteiger partial charge is 0.748 e. The Morgan fingerprint density at radius 2 is 1.87 bits per heavy atom. The van der Waals surface area contributed by atoms with Gasteiger partial charge in [0.2, 0.25) is 5.91 Å². The van der Waals surface area contributed by atoms with Crippen molar-refractivity contribution in [3.63, 3.8) is 0 Å². The summed E-state index contributed by atoms with van der Waals surface area (Å²) in [6, 6.07) is 13.7. The molecule has 0 bridgehead atoms. The van der Waals surface area contributed by atoms with E-state index >= 15 is 0 Å². The zero-order valence-electron chi connectivity index (χ0n) is 20.9. The summed E-state index contributed by atoms with van der Waals surface area (Å²) < 4.78 is 48.8. The number of benzene rings is 2. The Bertz CT molecular complexity index is 1290. The van der Waals surface area contributed by atoms with Crippen LogP contribution in [-0.4, -0.2) is 61.4 Å². The molecule has 0 spiro atoms. The van der Waals surface area contributed by atoms with Crippen molar-refractivity contribution in [2.24, 2.45) is 0 Å². The van der Waals surface area contributed by atoms with Crippen LogP contribution in [0.2, 0.25) is 5.02 Å². The molecule has 0 aliphatic carbocycles. The van der Waals surface area contributed by atoms with Gasteiger partial charge in [0.05, 0.1) is 34.1 Å². The summed E-state index contributed by atoms with van der Waals surface area (Å²) in [6.07, 6.45) is 1.87. The quantitative estimate of drug-likeness (QED) is 0.317. The lowest BCUT2D eigenvalue weighted by Crippen LogP contribution is -2.42. The van der Waals surface area contributed by atoms with E-state index < -0.39 is 27.8 Å². The van der Waals surface area contributed by atoms with Crippen LogP contribution in [0.4, 0.5) is 0 Å². The van der Waals surface area contributed by atoms with Crippen LogP contribution in [0.3, 0.4) is 0 Å². The van der Waals surface area contributed by atoms with Gasteiger partial charge in [-0.05, 0) is 55.2 Å². The molecule has 1 fully saturated rings. The van der Waals surface area contributed by atoms with E-state index in [1.807, 2.05) is 12.1 Å². The van der Waals surface area contributed by atoms with E-state index in [1.54, 1.807) is 48.2 Å². The van der Waals surface area contributed by atoms with Gasteiger partial charge in [-0.1, -0.05) is 35.9 Å². The Balaban J connectivity index is 1.49. The van der Waals surface area contributed by atoms with E-state index in [0.717, 1.165) is 18.4 Å². The molecule has 11 heteroatoms. The van der Waals surface area contributed by atoms with E-state index in [2.05, 4.69) is 0 Å². The SMILES string of the molecule is CC1=C(C(=O)OCc2ccc(OCCS(=O)(=O)[O-])cc2)C(c2ccc(Cl)cc2)CC(=O)N1C[C@H]1CCCO1. The highest BCUT2D eigenvalue weighted by molar-refractivity contribution is 7.85. The summed E-state index contributed by atoms with van der Waals surface area (Å²) in [5, 5.41) is 0.558. The van der Waals surface area contributed by atoms with Crippen molar-refractivity contribution in [3.05, 3.63) is 76.0 Å². The molecule has 2 atom stereocenters. The van der Waals surface area contributed by atoms with Crippen LogP contribution in [0, 0.1) is 0 Å². The number of carbonyl (C=O) groups is 2. The molecule has 0 N–H and O–H groups in total. The average molecular weight is 563 g/mol. The van der Waals surface area contributed by atoms with Crippen molar-refractivity contribution >= 4 is 33.6 Å². The van der Waals surface area contributed by atoms with Gasteiger partial charge < -0.3 is 23.7 Å². The maximum Gasteiger partial charge on any atom is 0.336 e. The molecule has 2 aromatic rings. The number of halogens is 1. The van der Waals surface area contributed by atoms with E-state index in [1.165, 1.54) is 0 Å². The van der Waals surface area contributed by atoms with Crippen LogP contribution in [0.25, 0.3) is 0 Å². The molecule has 2 aliphatic rings. The fraction of sp³-hybridized carbons (Fsp3) is 0.407. The Hall–Kier alpha value is -2.92. The van der Waals surface area contributed by atoms with Gasteiger partial charge in [-0.3, -0.25) is 4.79 Å². The Labute approximate surface area is 227 Å². The average Bonchev–Trinajstić information content (AvgIpc) is 3.39. The number of hydrogen-bond donors (Lipinski definition) is 0. The second kappa shape index (κ2) is 12.3. The third kappa shape index (κ3) is 7.35. The number of hydrogen-bond acceptors (Lipinski definition) is 8. The maximum absolute atomic E-state index is 13.4. The van der Waals surface area contributed by atoms with Crippen molar-refractivity contribution in [2.75, 3.05) is 25.5 Å². The van der Waals surface area contributed by atoms with E-state index in [4.69, 9.17) is 25.8 Å². The van der Waals surface area contributed by atoms with Crippen LogP contribution in [0.15, 0.2) is 59.8 Å². The summed E-state index contributed by atoms with van der Waals surface area (Å²) in [7, 11) is -4.35. The van der Waals surface area contributed by atoms with Crippen molar-refractivity contribution in [2.45, 2.75) is 44.8 Å². The van der Waals surface area contributed by atoms with E-state index in [-0.39, 0.29) is 31.6 Å². The highest BCUT2D eigenvalue weighted by atomic mass is 35.5. The van der Waals surface area contributed by atoms with E-state index in [0.29, 0.717) is 40.8 Å². The minimum Gasteiger partial charge on any atom is -0.748 e. The Morgan fingerprint density at radius 3 is 2.50 bits per heavy atom. The van der Waals surface area contributed by atoms with Gasteiger partial charge in [-0.15, -0.1) is 0 Å². The number of esters is 1. The van der Waals surface area contributed by atoms with Crippen molar-refractivity contribution in [1.82, 2.24) is 4.90 Å². The van der Waals surface area contributed by atoms with Crippen molar-refractivity contribution in [3.8, 4) is 5.75 Å². The summed E-state index contributed by atoms with van der Waals surface area (Å²) >= 11 is 6.06. The molecule has 9 nitrogen and oxygen atoms in total. The highest BCUT2D eigenvalue weighted by Crippen LogP contribution is 2.38. The third-order valence-corrected chi connectivity index (χ3v) is 7.54. The van der Waals surface area contributed by atoms with Crippen LogP contribution < -0.4 is 4.74 Å². The molecule has 2 heterocycles. The van der Waals surface area contributed by atoms with Crippen LogP contribution in [-0.2, 0) is 35.8 Å². The van der Waals surface area contributed by atoms with Gasteiger partial charge in [0.25, 0.3) is 0 Å². The smallest absolute Gasteiger partial charge is 0.336 e. The molecular weight excluding hydrogens is 534 g/mol. The summed E-state index contributed by atoms with van der Waals surface area (Å²) in [5.74, 6) is -1.30. The molecule has 1 unspecified atom stereocenters. The lowest BCUT2D eigenvalue weighted by atomic mass is 9.83. The van der Waals surface area contributed by atoms with Crippen LogP contribution >= 0.6 is 11.6 Å². The van der Waals surface area contributed by atoms with Crippen molar-refractivity contribution < 1.29 is 36.8 Å². The lowest BCUT2D eigenvalue weighted by molar-refractivity contribution is -0.141. The first-order valence-electron chi connectivity index (χ1n) is 12.3. The van der Waals surface area contributed by atoms with Crippen molar-refractivity contribution in [1.29, 1.82) is 0 Å². The van der Waals surface area contributed by atoms with Gasteiger partial charge in [-0.2, -0.15) is 0 Å². The standard InChI is InChI=1S/C27H30ClNO8S/c1-18-26(27(31)37-17-19-4-10-22(11-5-19)36-13-14-38(32,33)34)24(20-6-8-21(28)9-7-20)15-25(30)29(18)16-23-3-2-12-35-23/h4-11,23-24H,2-3,12-17H2,1H3,(H,32,33,34)/p-1/t23-,24?/m1/s1. The minimum absolute atomic E-state index is 0.0160. The molecule has 0 aromatic heterocycles. The number of carbonyl (C=O) groups excluding carboxylic acids is 2. The minimum atomic E-state index is -4.35. The molecule has 1 saturated heterocycles. The molecule has 2 aliphatic heterocycles. The number of allylic oxidation sites excluding steroid dienone is 1. The topological polar surface area (TPSA) is 122 Å². The van der Waals surface area contributed by atoms with Gasteiger partial charge in [0.15, 0.2) is 0 Å². The molecular formula is C27H29ClNO8S-. The summed E-state index contributed by atoms with van der Waals surface area (Å²) in [4.78, 5) is 28.2. The van der Waals surface area contributed by atoms with Crippen LogP contribution in [0.5, 0.6) is 5.75 Å². The fourth-order valence-corrected chi connectivity index (χ4v) is 5.06. The second-order valence-electron chi connectivity index (χ2n) is 9.28. The summed E-state index contributed by atoms with van der Waals surface area (Å²) in [6.45, 7) is 2.56. The second-order valence-corrected chi connectivity index (χ2v) is 11.2. The number of rotatable bonds is 10. The Kier molecular flexibility index (Phi) is 9.09. The first-order valence-corrected chi connectivity index (χ1v) is 14.3. The molecule has 0 saturated carbocycles. The molecule has 204 valence electrons. The van der Waals surface area contributed by atoms with Gasteiger partial charge in [0, 0.05) is 29.7 Å². The Morgan fingerprint density at radius 1 is 1.16 bits per heavy atom. The first-order chi connectivity index (χ1) is 18.1. The lowest BCUT2D eigenvalue weighted by Gasteiger charge is -2.35. The number of amides is 1. The van der Waals surface area contributed by atoms with Gasteiger partial charge in [-0.25, -0.2) is 13.2 Å². The normalized spacial score (nSPS) is 20.1. The van der Waals surface area contributed by atoms with Gasteiger partial charge in [0.1, 0.15) is 19.0 Å². The molecule has 4 rings (SSSR count). The molecule has 2 aromatic carbocycles. The van der Waals surface area contributed by atoms with E-state index in [9.17, 15) is 22.6 Å². The molecule has 0 radical (unpaired) electrons. The third-order valence-electron chi connectivity index (χ3n) is 6.62. The summed E-state index contributed by atoms with van der Waals surface area (Å²) in [5.41, 5.74) is 2.46. The monoisotopic (exact) mass is 562 g/mol. The molecule has 38 heavy (non-hydrogen) atoms. The first kappa shape index (κ1) is 28.1. The molecule has 1 amide bonds. The van der Waals surface area contributed by atoms with Gasteiger partial charge >= 0.3 is 5.97 Å². The predicted octanol–water partition coefficient (Wildman–Crippen LogP) is 3.78. The number of nitrogens with zero attached hydrogens (tertiary/aromatic N) is 1. The predicted molar refractivity (Wildman–Crippen MR) is 138 cm³/mol. The maximum atomic E-state index is 13.4. The van der Waals surface area contributed by atoms with Crippen LogP contribution in [0.1, 0.15) is 43.2 Å².